The average Bonchev–Trinajstić information content (AvgIpc) is 3.16. The number of nitrogens with zero attached hydrogens (tertiary/aromatic N) is 1. The van der Waals surface area contributed by atoms with Gasteiger partial charge in [-0.25, -0.2) is 4.79 Å². The number of fused-ring (bicyclic) bond motifs is 1. The quantitative estimate of drug-likeness (QED) is 0.738. The summed E-state index contributed by atoms with van der Waals surface area (Å²) in [5.41, 5.74) is 2.95. The lowest BCUT2D eigenvalue weighted by molar-refractivity contribution is 0.0598. The highest BCUT2D eigenvalue weighted by Crippen LogP contribution is 2.20. The molecule has 0 bridgehead atoms. The van der Waals surface area contributed by atoms with Crippen LogP contribution in [0.1, 0.15) is 37.9 Å². The maximum absolute atomic E-state index is 12.6. The van der Waals surface area contributed by atoms with E-state index >= 15 is 0 Å². The van der Waals surface area contributed by atoms with Gasteiger partial charge in [0.05, 0.1) is 13.7 Å². The van der Waals surface area contributed by atoms with E-state index in [-0.39, 0.29) is 12.5 Å². The van der Waals surface area contributed by atoms with E-state index in [4.69, 9.17) is 9.15 Å². The van der Waals surface area contributed by atoms with Gasteiger partial charge in [-0.1, -0.05) is 11.6 Å². The van der Waals surface area contributed by atoms with Gasteiger partial charge in [-0.15, -0.1) is 0 Å². The molecule has 0 aliphatic rings. The van der Waals surface area contributed by atoms with Gasteiger partial charge in [-0.2, -0.15) is 0 Å². The van der Waals surface area contributed by atoms with Gasteiger partial charge in [0.15, 0.2) is 0 Å². The number of hydrogen-bond donors (Lipinski definition) is 1. The third-order valence-electron chi connectivity index (χ3n) is 4.12. The number of carbonyl (C=O) groups is 2. The minimum Gasteiger partial charge on any atom is -0.465 e. The molecule has 130 valence electrons. The Balaban J connectivity index is 1.79. The molecule has 1 N–H and O–H groups in total. The summed E-state index contributed by atoms with van der Waals surface area (Å²) in [5, 5.41) is 0.999. The molecule has 0 fully saturated rings. The summed E-state index contributed by atoms with van der Waals surface area (Å²) < 4.78 is 10.3. The number of hydrogen-bond acceptors (Lipinski definition) is 4. The predicted octanol–water partition coefficient (Wildman–Crippen LogP) is 3.44. The highest BCUT2D eigenvalue weighted by Gasteiger charge is 2.19. The fraction of sp³-hybridized carbons (Fsp3) is 0.263. The second-order valence-electron chi connectivity index (χ2n) is 6.11. The minimum atomic E-state index is -0.451. The molecule has 2 aromatic heterocycles. The number of aromatic amines is 1. The lowest BCUT2D eigenvalue weighted by Crippen LogP contribution is -2.26. The van der Waals surface area contributed by atoms with Gasteiger partial charge in [0.1, 0.15) is 22.8 Å². The third kappa shape index (κ3) is 3.28. The van der Waals surface area contributed by atoms with Crippen molar-refractivity contribution in [3.8, 4) is 0 Å². The van der Waals surface area contributed by atoms with E-state index in [2.05, 4.69) is 4.98 Å². The number of methoxy groups -OCH3 is 1. The van der Waals surface area contributed by atoms with Gasteiger partial charge in [0.25, 0.3) is 5.91 Å². The molecule has 0 atom stereocenters. The summed E-state index contributed by atoms with van der Waals surface area (Å²) in [6.07, 6.45) is 0. The highest BCUT2D eigenvalue weighted by molar-refractivity contribution is 5.98. The number of esters is 1. The van der Waals surface area contributed by atoms with Crippen LogP contribution in [0.2, 0.25) is 0 Å². The van der Waals surface area contributed by atoms with Crippen LogP contribution in [0.3, 0.4) is 0 Å². The summed E-state index contributed by atoms with van der Waals surface area (Å²) in [6, 6.07) is 9.44. The van der Waals surface area contributed by atoms with E-state index in [1.165, 1.54) is 12.0 Å². The Kier molecular flexibility index (Phi) is 4.35. The van der Waals surface area contributed by atoms with Crippen molar-refractivity contribution in [2.45, 2.75) is 20.4 Å². The molecule has 0 saturated carbocycles. The fourth-order valence-electron chi connectivity index (χ4n) is 2.81. The molecule has 25 heavy (non-hydrogen) atoms. The zero-order valence-corrected chi connectivity index (χ0v) is 14.7. The van der Waals surface area contributed by atoms with Crippen LogP contribution in [0.4, 0.5) is 0 Å². The molecule has 0 unspecified atom stereocenters. The Morgan fingerprint density at radius 1 is 1.20 bits per heavy atom. The van der Waals surface area contributed by atoms with Gasteiger partial charge < -0.3 is 19.0 Å². The molecular weight excluding hydrogens is 320 g/mol. The molecule has 0 radical (unpaired) electrons. The van der Waals surface area contributed by atoms with Crippen molar-refractivity contribution in [3.63, 3.8) is 0 Å². The Labute approximate surface area is 145 Å². The van der Waals surface area contributed by atoms with Crippen molar-refractivity contribution in [3.05, 3.63) is 58.7 Å². The SMILES string of the molecule is COC(=O)c1cc(CN(C)C(=O)c2cc3cc(C)ccc3[nH]2)oc1C. The van der Waals surface area contributed by atoms with Crippen LogP contribution in [-0.4, -0.2) is 35.9 Å². The maximum Gasteiger partial charge on any atom is 0.341 e. The molecule has 3 rings (SSSR count). The molecule has 6 heteroatoms. The van der Waals surface area contributed by atoms with Crippen LogP contribution in [0.15, 0.2) is 34.7 Å². The molecular formula is C19H20N2O4. The minimum absolute atomic E-state index is 0.150. The number of ether oxygens (including phenoxy) is 1. The van der Waals surface area contributed by atoms with Crippen LogP contribution in [0.5, 0.6) is 0 Å². The summed E-state index contributed by atoms with van der Waals surface area (Å²) in [5.74, 6) is 0.402. The van der Waals surface area contributed by atoms with Crippen LogP contribution >= 0.6 is 0 Å². The van der Waals surface area contributed by atoms with Crippen molar-refractivity contribution < 1.29 is 18.7 Å². The van der Waals surface area contributed by atoms with Gasteiger partial charge in [-0.05, 0) is 38.1 Å². The first-order valence-electron chi connectivity index (χ1n) is 7.91. The molecule has 0 spiro atoms. The lowest BCUT2D eigenvalue weighted by atomic mass is 10.2. The number of aromatic nitrogens is 1. The van der Waals surface area contributed by atoms with Crippen molar-refractivity contribution in [2.75, 3.05) is 14.2 Å². The van der Waals surface area contributed by atoms with Crippen molar-refractivity contribution >= 4 is 22.8 Å². The first kappa shape index (κ1) is 16.8. The number of benzene rings is 1. The number of amides is 1. The zero-order chi connectivity index (χ0) is 18.1. The third-order valence-corrected chi connectivity index (χ3v) is 4.12. The van der Waals surface area contributed by atoms with E-state index < -0.39 is 5.97 Å². The summed E-state index contributed by atoms with van der Waals surface area (Å²) in [7, 11) is 3.01. The molecule has 0 aliphatic heterocycles. The normalized spacial score (nSPS) is 10.9. The Hall–Kier alpha value is -3.02. The second-order valence-corrected chi connectivity index (χ2v) is 6.11. The number of rotatable bonds is 4. The summed E-state index contributed by atoms with van der Waals surface area (Å²) in [4.78, 5) is 29.0. The Morgan fingerprint density at radius 3 is 2.68 bits per heavy atom. The topological polar surface area (TPSA) is 75.5 Å². The van der Waals surface area contributed by atoms with Crippen molar-refractivity contribution in [2.24, 2.45) is 0 Å². The maximum atomic E-state index is 12.6. The fourth-order valence-corrected chi connectivity index (χ4v) is 2.81. The molecule has 2 heterocycles. The van der Waals surface area contributed by atoms with E-state index in [1.54, 1.807) is 20.0 Å². The number of aryl methyl sites for hydroxylation is 2. The highest BCUT2D eigenvalue weighted by atomic mass is 16.5. The standard InChI is InChI=1S/C19H20N2O4/c1-11-5-6-16-13(7-11)8-17(20-16)18(22)21(3)10-14-9-15(12(2)25-14)19(23)24-4/h5-9,20H,10H2,1-4H3. The number of carbonyl (C=O) groups excluding carboxylic acids is 2. The van der Waals surface area contributed by atoms with Crippen molar-refractivity contribution in [1.82, 2.24) is 9.88 Å². The smallest absolute Gasteiger partial charge is 0.341 e. The first-order valence-corrected chi connectivity index (χ1v) is 7.91. The van der Waals surface area contributed by atoms with Gasteiger partial charge >= 0.3 is 5.97 Å². The van der Waals surface area contributed by atoms with Crippen LogP contribution in [-0.2, 0) is 11.3 Å². The Bertz CT molecular complexity index is 952. The Morgan fingerprint density at radius 2 is 1.96 bits per heavy atom. The molecule has 6 nitrogen and oxygen atoms in total. The van der Waals surface area contributed by atoms with E-state index in [1.807, 2.05) is 31.2 Å². The van der Waals surface area contributed by atoms with E-state index in [9.17, 15) is 9.59 Å². The summed E-state index contributed by atoms with van der Waals surface area (Å²) >= 11 is 0. The molecule has 0 saturated heterocycles. The van der Waals surface area contributed by atoms with Gasteiger partial charge in [0.2, 0.25) is 0 Å². The average molecular weight is 340 g/mol. The van der Waals surface area contributed by atoms with Gasteiger partial charge in [-0.3, -0.25) is 4.79 Å². The molecule has 1 amide bonds. The summed E-state index contributed by atoms with van der Waals surface area (Å²) in [6.45, 7) is 3.96. The van der Waals surface area contributed by atoms with Crippen LogP contribution < -0.4 is 0 Å². The van der Waals surface area contributed by atoms with E-state index in [0.717, 1.165) is 16.5 Å². The molecule has 0 aliphatic carbocycles. The second kappa shape index (κ2) is 6.47. The predicted molar refractivity (Wildman–Crippen MR) is 93.6 cm³/mol. The van der Waals surface area contributed by atoms with Crippen LogP contribution in [0, 0.1) is 13.8 Å². The number of furan rings is 1. The number of H-pyrrole nitrogens is 1. The van der Waals surface area contributed by atoms with Crippen molar-refractivity contribution in [1.29, 1.82) is 0 Å². The molecule has 3 aromatic rings. The van der Waals surface area contributed by atoms with Crippen LogP contribution in [0.25, 0.3) is 10.9 Å². The monoisotopic (exact) mass is 340 g/mol. The van der Waals surface area contributed by atoms with Gasteiger partial charge in [0, 0.05) is 18.0 Å². The largest absolute Gasteiger partial charge is 0.465 e. The number of nitrogens with one attached hydrogen (secondary N) is 1. The first-order chi connectivity index (χ1) is 11.9. The molecule has 1 aromatic carbocycles. The lowest BCUT2D eigenvalue weighted by Gasteiger charge is -2.14. The zero-order valence-electron chi connectivity index (χ0n) is 14.7. The van der Waals surface area contributed by atoms with E-state index in [0.29, 0.717) is 22.8 Å².